The number of benzene rings is 2. The molecule has 3 rings (SSSR count). The smallest absolute Gasteiger partial charge is 0.339 e. The van der Waals surface area contributed by atoms with Crippen LogP contribution >= 0.6 is 0 Å². The van der Waals surface area contributed by atoms with Crippen molar-refractivity contribution >= 4 is 22.8 Å². The number of nitrogens with zero attached hydrogens (tertiary/aromatic N) is 1. The maximum atomic E-state index is 13.0. The molecule has 150 valence electrons. The number of halogens is 1. The highest BCUT2D eigenvalue weighted by Crippen LogP contribution is 2.24. The molecule has 0 spiro atoms. The second kappa shape index (κ2) is 8.82. The molecule has 1 N–H and O–H groups in total. The first-order chi connectivity index (χ1) is 13.9. The van der Waals surface area contributed by atoms with E-state index in [2.05, 4.69) is 10.3 Å². The van der Waals surface area contributed by atoms with Gasteiger partial charge in [0, 0.05) is 11.1 Å². The summed E-state index contributed by atoms with van der Waals surface area (Å²) in [5.74, 6) is -1.32. The molecule has 1 heterocycles. The van der Waals surface area contributed by atoms with Gasteiger partial charge in [0.15, 0.2) is 6.61 Å². The first-order valence-electron chi connectivity index (χ1n) is 9.50. The van der Waals surface area contributed by atoms with Gasteiger partial charge in [-0.25, -0.2) is 9.18 Å². The number of aromatic nitrogens is 1. The molecule has 0 fully saturated rings. The number of aryl methyl sites for hydroxylation is 1. The van der Waals surface area contributed by atoms with Crippen LogP contribution in [0.4, 0.5) is 4.39 Å². The zero-order valence-corrected chi connectivity index (χ0v) is 16.7. The minimum Gasteiger partial charge on any atom is -0.452 e. The SMILES string of the molecule is CCc1nc2ccccc2c(C(=O)OCC(=O)N[C@H](C)c2ccc(F)cc2)c1C. The monoisotopic (exact) mass is 394 g/mol. The predicted octanol–water partition coefficient (Wildman–Crippen LogP) is 4.28. The second-order valence-corrected chi connectivity index (χ2v) is 6.85. The van der Waals surface area contributed by atoms with E-state index in [0.29, 0.717) is 17.4 Å². The summed E-state index contributed by atoms with van der Waals surface area (Å²) in [6, 6.07) is 12.9. The Labute approximate surface area is 168 Å². The Balaban J connectivity index is 1.71. The number of fused-ring (bicyclic) bond motifs is 1. The van der Waals surface area contributed by atoms with Crippen LogP contribution < -0.4 is 5.32 Å². The third-order valence-electron chi connectivity index (χ3n) is 4.86. The highest BCUT2D eigenvalue weighted by molar-refractivity contribution is 6.05. The lowest BCUT2D eigenvalue weighted by molar-refractivity contribution is -0.124. The summed E-state index contributed by atoms with van der Waals surface area (Å²) in [4.78, 5) is 29.6. The molecule has 6 heteroatoms. The number of amides is 1. The van der Waals surface area contributed by atoms with Gasteiger partial charge in [-0.05, 0) is 49.6 Å². The molecular weight excluding hydrogens is 371 g/mol. The molecule has 0 bridgehead atoms. The van der Waals surface area contributed by atoms with Crippen molar-refractivity contribution in [3.63, 3.8) is 0 Å². The van der Waals surface area contributed by atoms with Gasteiger partial charge in [-0.1, -0.05) is 37.3 Å². The lowest BCUT2D eigenvalue weighted by Gasteiger charge is -2.16. The molecule has 0 saturated heterocycles. The van der Waals surface area contributed by atoms with Gasteiger partial charge in [0.05, 0.1) is 17.1 Å². The number of ether oxygens (including phenoxy) is 1. The molecule has 0 radical (unpaired) electrons. The number of rotatable bonds is 6. The van der Waals surface area contributed by atoms with Crippen molar-refractivity contribution in [3.05, 3.63) is 76.7 Å². The maximum Gasteiger partial charge on any atom is 0.339 e. The Morgan fingerprint density at radius 3 is 2.52 bits per heavy atom. The van der Waals surface area contributed by atoms with Crippen molar-refractivity contribution in [1.29, 1.82) is 0 Å². The molecule has 5 nitrogen and oxygen atoms in total. The molecule has 29 heavy (non-hydrogen) atoms. The van der Waals surface area contributed by atoms with Crippen molar-refractivity contribution in [2.75, 3.05) is 6.61 Å². The van der Waals surface area contributed by atoms with E-state index in [9.17, 15) is 14.0 Å². The number of esters is 1. The number of nitrogens with one attached hydrogen (secondary N) is 1. The molecule has 0 saturated carbocycles. The topological polar surface area (TPSA) is 68.3 Å². The van der Waals surface area contributed by atoms with Crippen molar-refractivity contribution < 1.29 is 18.7 Å². The van der Waals surface area contributed by atoms with Crippen LogP contribution in [0.3, 0.4) is 0 Å². The Kier molecular flexibility index (Phi) is 6.22. The average Bonchev–Trinajstić information content (AvgIpc) is 2.72. The fourth-order valence-corrected chi connectivity index (χ4v) is 3.29. The van der Waals surface area contributed by atoms with Crippen LogP contribution in [0.1, 0.15) is 47.1 Å². The van der Waals surface area contributed by atoms with Crippen LogP contribution in [0.5, 0.6) is 0 Å². The summed E-state index contributed by atoms with van der Waals surface area (Å²) in [5, 5.41) is 3.45. The van der Waals surface area contributed by atoms with E-state index in [1.807, 2.05) is 38.1 Å². The van der Waals surface area contributed by atoms with Crippen LogP contribution in [0.2, 0.25) is 0 Å². The van der Waals surface area contributed by atoms with E-state index in [1.54, 1.807) is 19.1 Å². The Hall–Kier alpha value is -3.28. The summed E-state index contributed by atoms with van der Waals surface area (Å²) in [5.41, 5.74) is 3.50. The highest BCUT2D eigenvalue weighted by atomic mass is 19.1. The molecule has 1 aromatic heterocycles. The normalized spacial score (nSPS) is 11.9. The first-order valence-corrected chi connectivity index (χ1v) is 9.50. The zero-order chi connectivity index (χ0) is 21.0. The predicted molar refractivity (Wildman–Crippen MR) is 109 cm³/mol. The van der Waals surface area contributed by atoms with E-state index in [0.717, 1.165) is 22.3 Å². The van der Waals surface area contributed by atoms with Crippen LogP contribution in [0, 0.1) is 12.7 Å². The summed E-state index contributed by atoms with van der Waals surface area (Å²) < 4.78 is 18.3. The van der Waals surface area contributed by atoms with Gasteiger partial charge >= 0.3 is 5.97 Å². The molecule has 3 aromatic rings. The van der Waals surface area contributed by atoms with Gasteiger partial charge in [-0.2, -0.15) is 0 Å². The minimum absolute atomic E-state index is 0.336. The minimum atomic E-state index is -0.555. The van der Waals surface area contributed by atoms with E-state index in [4.69, 9.17) is 4.74 Å². The lowest BCUT2D eigenvalue weighted by Crippen LogP contribution is -2.31. The van der Waals surface area contributed by atoms with Crippen LogP contribution in [0.25, 0.3) is 10.9 Å². The van der Waals surface area contributed by atoms with E-state index in [-0.39, 0.29) is 11.9 Å². The number of hydrogen-bond acceptors (Lipinski definition) is 4. The second-order valence-electron chi connectivity index (χ2n) is 6.85. The van der Waals surface area contributed by atoms with Crippen molar-refractivity contribution in [3.8, 4) is 0 Å². The number of carbonyl (C=O) groups is 2. The summed E-state index contributed by atoms with van der Waals surface area (Å²) in [7, 11) is 0. The van der Waals surface area contributed by atoms with E-state index in [1.165, 1.54) is 12.1 Å². The largest absolute Gasteiger partial charge is 0.452 e. The lowest BCUT2D eigenvalue weighted by atomic mass is 10.0. The molecule has 1 amide bonds. The third kappa shape index (κ3) is 4.59. The molecule has 0 aliphatic heterocycles. The molecule has 0 aliphatic rings. The zero-order valence-electron chi connectivity index (χ0n) is 16.7. The molecule has 2 aromatic carbocycles. The van der Waals surface area contributed by atoms with Gasteiger partial charge < -0.3 is 10.1 Å². The molecular formula is C23H23FN2O3. The maximum absolute atomic E-state index is 13.0. The van der Waals surface area contributed by atoms with Crippen LogP contribution in [0.15, 0.2) is 48.5 Å². The Morgan fingerprint density at radius 1 is 1.14 bits per heavy atom. The first kappa shape index (κ1) is 20.5. The van der Waals surface area contributed by atoms with Crippen molar-refractivity contribution in [1.82, 2.24) is 10.3 Å². The van der Waals surface area contributed by atoms with Crippen LogP contribution in [-0.4, -0.2) is 23.5 Å². The summed E-state index contributed by atoms with van der Waals surface area (Å²) in [6.07, 6.45) is 0.687. The van der Waals surface area contributed by atoms with Crippen LogP contribution in [-0.2, 0) is 16.0 Å². The quantitative estimate of drug-likeness (QED) is 0.634. The Bertz CT molecular complexity index is 1050. The summed E-state index contributed by atoms with van der Waals surface area (Å²) >= 11 is 0. The number of hydrogen-bond donors (Lipinski definition) is 1. The number of carbonyl (C=O) groups excluding carboxylic acids is 2. The van der Waals surface area contributed by atoms with Crippen molar-refractivity contribution in [2.45, 2.75) is 33.2 Å². The van der Waals surface area contributed by atoms with Crippen molar-refractivity contribution in [2.24, 2.45) is 0 Å². The molecule has 1 atom stereocenters. The van der Waals surface area contributed by atoms with E-state index >= 15 is 0 Å². The third-order valence-corrected chi connectivity index (χ3v) is 4.86. The van der Waals surface area contributed by atoms with Gasteiger partial charge in [0.2, 0.25) is 0 Å². The molecule has 0 aliphatic carbocycles. The standard InChI is InChI=1S/C23H23FN2O3/c1-4-19-14(2)22(18-7-5-6-8-20(18)26-19)23(28)29-13-21(27)25-15(3)16-9-11-17(24)12-10-16/h5-12,15H,4,13H2,1-3H3,(H,25,27)/t15-/m1/s1. The average molecular weight is 394 g/mol. The van der Waals surface area contributed by atoms with Gasteiger partial charge in [0.25, 0.3) is 5.91 Å². The summed E-state index contributed by atoms with van der Waals surface area (Å²) in [6.45, 7) is 5.19. The fourth-order valence-electron chi connectivity index (χ4n) is 3.29. The highest BCUT2D eigenvalue weighted by Gasteiger charge is 2.20. The number of pyridine rings is 1. The Morgan fingerprint density at radius 2 is 1.83 bits per heavy atom. The van der Waals surface area contributed by atoms with Gasteiger partial charge in [-0.15, -0.1) is 0 Å². The van der Waals surface area contributed by atoms with E-state index < -0.39 is 18.5 Å². The fraction of sp³-hybridized carbons (Fsp3) is 0.261. The molecule has 0 unspecified atom stereocenters. The van der Waals surface area contributed by atoms with Gasteiger partial charge in [-0.3, -0.25) is 9.78 Å². The van der Waals surface area contributed by atoms with Gasteiger partial charge in [0.1, 0.15) is 5.82 Å². The number of para-hydroxylation sites is 1.